The number of hydrogen-bond donors (Lipinski definition) is 0. The van der Waals surface area contributed by atoms with Crippen LogP contribution >= 0.6 is 0 Å². The molecule has 0 radical (unpaired) electrons. The highest BCUT2D eigenvalue weighted by atomic mass is 32.2. The van der Waals surface area contributed by atoms with Crippen molar-refractivity contribution in [3.63, 3.8) is 0 Å². The lowest BCUT2D eigenvalue weighted by atomic mass is 9.94. The molecule has 0 aromatic carbocycles. The molecule has 0 atom stereocenters. The van der Waals surface area contributed by atoms with Gasteiger partial charge >= 0.3 is 0 Å². The monoisotopic (exact) mass is 354 g/mol. The van der Waals surface area contributed by atoms with Gasteiger partial charge in [-0.2, -0.15) is 4.31 Å². The zero-order chi connectivity index (χ0) is 17.0. The molecule has 3 rings (SSSR count). The second-order valence-electron chi connectivity index (χ2n) is 6.50. The number of sulfonamides is 1. The summed E-state index contributed by atoms with van der Waals surface area (Å²) in [5.41, 5.74) is 0. The molecule has 0 bridgehead atoms. The Hall–Kier alpha value is -1.18. The maximum Gasteiger partial charge on any atom is 0.274 e. The number of hydrogen-bond acceptors (Lipinski definition) is 4. The number of aromatic amines is 1. The Kier molecular flexibility index (Phi) is 5.73. The third-order valence-electron chi connectivity index (χ3n) is 5.04. The average molecular weight is 354 g/mol. The number of pyridine rings is 1. The first kappa shape index (κ1) is 17.6. The summed E-state index contributed by atoms with van der Waals surface area (Å²) < 4.78 is 32.1. The Morgan fingerprint density at radius 1 is 1.21 bits per heavy atom. The van der Waals surface area contributed by atoms with E-state index in [1.807, 2.05) is 6.07 Å². The molecule has 0 unspecified atom stereocenters. The summed E-state index contributed by atoms with van der Waals surface area (Å²) in [4.78, 5) is 5.91. The minimum atomic E-state index is -3.43. The Morgan fingerprint density at radius 2 is 1.92 bits per heavy atom. The van der Waals surface area contributed by atoms with Gasteiger partial charge in [0.05, 0.1) is 25.8 Å². The highest BCUT2D eigenvalue weighted by Gasteiger charge is 2.30. The van der Waals surface area contributed by atoms with Crippen LogP contribution in [0.4, 0.5) is 5.82 Å². The SMILES string of the molecule is CCN(c1ccc(S(=O)(=O)N2CCOCC2)c[nH+]1)C1CCCCC1. The number of ether oxygens (including phenoxy) is 1. The number of anilines is 1. The summed E-state index contributed by atoms with van der Waals surface area (Å²) in [6.45, 7) is 4.86. The molecule has 0 spiro atoms. The third-order valence-corrected chi connectivity index (χ3v) is 6.94. The predicted molar refractivity (Wildman–Crippen MR) is 92.5 cm³/mol. The van der Waals surface area contributed by atoms with E-state index in [4.69, 9.17) is 4.74 Å². The molecule has 1 aromatic rings. The summed E-state index contributed by atoms with van der Waals surface area (Å²) in [6, 6.07) is 4.19. The molecule has 1 aromatic heterocycles. The largest absolute Gasteiger partial charge is 0.379 e. The number of nitrogens with zero attached hydrogens (tertiary/aromatic N) is 2. The lowest BCUT2D eigenvalue weighted by Gasteiger charge is -2.29. The molecule has 1 saturated heterocycles. The van der Waals surface area contributed by atoms with E-state index in [0.717, 1.165) is 12.4 Å². The summed E-state index contributed by atoms with van der Waals surface area (Å²) in [5.74, 6) is 1.00. The number of rotatable bonds is 5. The van der Waals surface area contributed by atoms with Crippen LogP contribution in [0.25, 0.3) is 0 Å². The lowest BCUT2D eigenvalue weighted by molar-refractivity contribution is -0.367. The minimum Gasteiger partial charge on any atom is -0.379 e. The highest BCUT2D eigenvalue weighted by Crippen LogP contribution is 2.25. The van der Waals surface area contributed by atoms with E-state index >= 15 is 0 Å². The molecule has 1 aliphatic carbocycles. The van der Waals surface area contributed by atoms with E-state index < -0.39 is 10.0 Å². The fourth-order valence-electron chi connectivity index (χ4n) is 3.70. The van der Waals surface area contributed by atoms with Gasteiger partial charge in [0.15, 0.2) is 0 Å². The number of H-pyrrole nitrogens is 1. The first-order valence-electron chi connectivity index (χ1n) is 8.99. The molecule has 0 amide bonds. The van der Waals surface area contributed by atoms with Crippen molar-refractivity contribution in [3.05, 3.63) is 18.3 Å². The van der Waals surface area contributed by atoms with Gasteiger partial charge in [-0.25, -0.2) is 13.4 Å². The summed E-state index contributed by atoms with van der Waals surface area (Å²) >= 11 is 0. The van der Waals surface area contributed by atoms with Gasteiger partial charge < -0.3 is 4.74 Å². The smallest absolute Gasteiger partial charge is 0.274 e. The molecule has 1 N–H and O–H groups in total. The van der Waals surface area contributed by atoms with Crippen LogP contribution in [0.1, 0.15) is 39.0 Å². The summed E-state index contributed by atoms with van der Waals surface area (Å²) in [6.07, 6.45) is 7.96. The van der Waals surface area contributed by atoms with E-state index in [9.17, 15) is 8.42 Å². The van der Waals surface area contributed by atoms with Gasteiger partial charge in [0.25, 0.3) is 5.82 Å². The zero-order valence-corrected chi connectivity index (χ0v) is 15.2. The second kappa shape index (κ2) is 7.80. The van der Waals surface area contributed by atoms with Gasteiger partial charge in [-0.15, -0.1) is 0 Å². The van der Waals surface area contributed by atoms with Crippen LogP contribution in [0, 0.1) is 0 Å². The van der Waals surface area contributed by atoms with E-state index in [2.05, 4.69) is 16.8 Å². The average Bonchev–Trinajstić information content (AvgIpc) is 2.64. The molecule has 6 nitrogen and oxygen atoms in total. The molecule has 7 heteroatoms. The lowest BCUT2D eigenvalue weighted by Crippen LogP contribution is -2.42. The first-order valence-corrected chi connectivity index (χ1v) is 10.4. The van der Waals surface area contributed by atoms with Crippen molar-refractivity contribution in [2.75, 3.05) is 37.7 Å². The molecule has 2 fully saturated rings. The maximum absolute atomic E-state index is 12.7. The highest BCUT2D eigenvalue weighted by molar-refractivity contribution is 7.89. The Bertz CT molecular complexity index is 621. The van der Waals surface area contributed by atoms with Crippen molar-refractivity contribution < 1.29 is 18.1 Å². The molecule has 24 heavy (non-hydrogen) atoms. The Morgan fingerprint density at radius 3 is 2.50 bits per heavy atom. The van der Waals surface area contributed by atoms with E-state index in [-0.39, 0.29) is 0 Å². The first-order chi connectivity index (χ1) is 11.6. The van der Waals surface area contributed by atoms with Crippen molar-refractivity contribution >= 4 is 15.8 Å². The Labute approximate surface area is 144 Å². The zero-order valence-electron chi connectivity index (χ0n) is 14.4. The Balaban J connectivity index is 1.76. The molecule has 2 aliphatic rings. The minimum absolute atomic E-state index is 0.327. The fourth-order valence-corrected chi connectivity index (χ4v) is 5.07. The van der Waals surface area contributed by atoms with Crippen molar-refractivity contribution in [1.82, 2.24) is 4.31 Å². The van der Waals surface area contributed by atoms with Crippen molar-refractivity contribution in [2.45, 2.75) is 50.0 Å². The van der Waals surface area contributed by atoms with E-state index in [0.29, 0.717) is 37.2 Å². The number of aromatic nitrogens is 1. The molecular formula is C17H28N3O3S+. The normalized spacial score (nSPS) is 20.9. The van der Waals surface area contributed by atoms with Gasteiger partial charge in [-0.1, -0.05) is 6.42 Å². The molecule has 2 heterocycles. The van der Waals surface area contributed by atoms with Gasteiger partial charge in [-0.05, 0) is 38.7 Å². The van der Waals surface area contributed by atoms with Crippen LogP contribution in [0.15, 0.2) is 23.2 Å². The fraction of sp³-hybridized carbons (Fsp3) is 0.706. The second-order valence-corrected chi connectivity index (χ2v) is 8.44. The van der Waals surface area contributed by atoms with E-state index in [1.54, 1.807) is 12.3 Å². The van der Waals surface area contributed by atoms with Crippen molar-refractivity contribution in [3.8, 4) is 0 Å². The predicted octanol–water partition coefficient (Wildman–Crippen LogP) is 1.68. The molecule has 1 saturated carbocycles. The number of morpholine rings is 1. The topological polar surface area (TPSA) is 64.0 Å². The van der Waals surface area contributed by atoms with Crippen molar-refractivity contribution in [1.29, 1.82) is 0 Å². The van der Waals surface area contributed by atoms with Gasteiger partial charge in [0.2, 0.25) is 10.0 Å². The van der Waals surface area contributed by atoms with Crippen LogP contribution in [0.3, 0.4) is 0 Å². The van der Waals surface area contributed by atoms with Crippen LogP contribution in [0.2, 0.25) is 0 Å². The van der Waals surface area contributed by atoms with E-state index in [1.165, 1.54) is 36.4 Å². The quantitative estimate of drug-likeness (QED) is 0.807. The van der Waals surface area contributed by atoms with Gasteiger partial charge in [-0.3, -0.25) is 4.90 Å². The van der Waals surface area contributed by atoms with Crippen LogP contribution < -0.4 is 9.88 Å². The van der Waals surface area contributed by atoms with Crippen LogP contribution in [0.5, 0.6) is 0 Å². The standard InChI is InChI=1S/C17H27N3O3S/c1-2-20(15-6-4-3-5-7-15)17-9-8-16(14-18-17)24(21,22)19-10-12-23-13-11-19/h8-9,14-15H,2-7,10-13H2,1H3/p+1. The van der Waals surface area contributed by atoms with Crippen LogP contribution in [-0.4, -0.2) is 51.6 Å². The summed E-state index contributed by atoms with van der Waals surface area (Å²) in [5, 5.41) is 0. The van der Waals surface area contributed by atoms with Crippen molar-refractivity contribution in [2.24, 2.45) is 0 Å². The number of nitrogens with one attached hydrogen (secondary N) is 1. The molecule has 134 valence electrons. The van der Waals surface area contributed by atoms with Crippen LogP contribution in [-0.2, 0) is 14.8 Å². The molecule has 1 aliphatic heterocycles. The van der Waals surface area contributed by atoms with Gasteiger partial charge in [0, 0.05) is 19.2 Å². The van der Waals surface area contributed by atoms with Gasteiger partial charge in [0.1, 0.15) is 11.1 Å². The maximum atomic E-state index is 12.7. The third kappa shape index (κ3) is 3.73. The summed E-state index contributed by atoms with van der Waals surface area (Å²) in [7, 11) is -3.43. The molecular weight excluding hydrogens is 326 g/mol.